The van der Waals surface area contributed by atoms with Crippen LogP contribution in [0.5, 0.6) is 0 Å². The second kappa shape index (κ2) is 8.85. The molecule has 2 aromatic rings. The summed E-state index contributed by atoms with van der Waals surface area (Å²) in [5.41, 5.74) is 3.80. The maximum absolute atomic E-state index is 12.6. The molecule has 1 aliphatic heterocycles. The van der Waals surface area contributed by atoms with Crippen LogP contribution >= 0.6 is 11.8 Å². The lowest BCUT2D eigenvalue weighted by atomic mass is 10.2. The molecule has 0 aromatic carbocycles. The number of nitrogens with one attached hydrogen (secondary N) is 2. The summed E-state index contributed by atoms with van der Waals surface area (Å²) in [6, 6.07) is 5.52. The van der Waals surface area contributed by atoms with Gasteiger partial charge in [0.2, 0.25) is 5.91 Å². The predicted molar refractivity (Wildman–Crippen MR) is 106 cm³/mol. The molecule has 2 N–H and O–H groups in total. The van der Waals surface area contributed by atoms with E-state index in [1.54, 1.807) is 29.1 Å². The van der Waals surface area contributed by atoms with Gasteiger partial charge in [-0.05, 0) is 37.1 Å². The summed E-state index contributed by atoms with van der Waals surface area (Å²) < 4.78 is 0. The molecule has 0 atom stereocenters. The van der Waals surface area contributed by atoms with E-state index < -0.39 is 0 Å². The Morgan fingerprint density at radius 1 is 1.30 bits per heavy atom. The van der Waals surface area contributed by atoms with Gasteiger partial charge in [0.15, 0.2) is 0 Å². The van der Waals surface area contributed by atoms with Crippen LogP contribution in [0.15, 0.2) is 35.6 Å². The van der Waals surface area contributed by atoms with Crippen LogP contribution in [0, 0.1) is 13.8 Å². The number of fused-ring (bicyclic) bond motifs is 1. The van der Waals surface area contributed by atoms with E-state index in [1.807, 2.05) is 32.0 Å². The molecule has 8 heteroatoms. The number of thioether (sulfide) groups is 1. The summed E-state index contributed by atoms with van der Waals surface area (Å²) >= 11 is 1.67. The van der Waals surface area contributed by atoms with Gasteiger partial charge in [-0.25, -0.2) is 9.78 Å². The van der Waals surface area contributed by atoms with E-state index in [1.165, 1.54) is 0 Å². The molecule has 0 saturated heterocycles. The maximum Gasteiger partial charge on any atom is 0.322 e. The molecule has 0 saturated carbocycles. The number of hydrogen-bond acceptors (Lipinski definition) is 5. The van der Waals surface area contributed by atoms with Gasteiger partial charge in [-0.2, -0.15) is 0 Å². The van der Waals surface area contributed by atoms with Crippen LogP contribution in [0.1, 0.15) is 23.2 Å². The molecule has 3 heterocycles. The zero-order valence-electron chi connectivity index (χ0n) is 15.5. The zero-order valence-corrected chi connectivity index (χ0v) is 16.3. The second-order valence-corrected chi connectivity index (χ2v) is 7.44. The van der Waals surface area contributed by atoms with E-state index in [-0.39, 0.29) is 24.9 Å². The van der Waals surface area contributed by atoms with Crippen molar-refractivity contribution in [3.63, 3.8) is 0 Å². The van der Waals surface area contributed by atoms with Gasteiger partial charge < -0.3 is 10.6 Å². The van der Waals surface area contributed by atoms with Crippen molar-refractivity contribution in [1.29, 1.82) is 0 Å². The van der Waals surface area contributed by atoms with Gasteiger partial charge in [-0.15, -0.1) is 11.8 Å². The number of aryl methyl sites for hydroxylation is 2. The smallest absolute Gasteiger partial charge is 0.322 e. The Morgan fingerprint density at radius 3 is 2.93 bits per heavy atom. The van der Waals surface area contributed by atoms with Crippen LogP contribution in [0.2, 0.25) is 0 Å². The average molecular weight is 385 g/mol. The number of hydrogen-bond donors (Lipinski definition) is 2. The lowest BCUT2D eigenvalue weighted by Crippen LogP contribution is -2.44. The second-order valence-electron chi connectivity index (χ2n) is 6.35. The van der Waals surface area contributed by atoms with Crippen molar-refractivity contribution in [2.75, 3.05) is 23.7 Å². The number of carbonyl (C=O) groups is 2. The number of rotatable bonds is 5. The van der Waals surface area contributed by atoms with Gasteiger partial charge >= 0.3 is 6.03 Å². The monoisotopic (exact) mass is 385 g/mol. The van der Waals surface area contributed by atoms with Gasteiger partial charge in [0.05, 0.1) is 5.69 Å². The normalized spacial score (nSPS) is 13.0. The van der Waals surface area contributed by atoms with Crippen molar-refractivity contribution in [2.24, 2.45) is 0 Å². The third-order valence-corrected chi connectivity index (χ3v) is 5.13. The zero-order chi connectivity index (χ0) is 19.2. The summed E-state index contributed by atoms with van der Waals surface area (Å²) in [6.45, 7) is 5.29. The average Bonchev–Trinajstić information content (AvgIpc) is 2.66. The van der Waals surface area contributed by atoms with E-state index in [0.29, 0.717) is 13.1 Å². The first kappa shape index (κ1) is 19.2. The highest BCUT2D eigenvalue weighted by Gasteiger charge is 2.26. The van der Waals surface area contributed by atoms with E-state index in [2.05, 4.69) is 20.6 Å². The van der Waals surface area contributed by atoms with Crippen LogP contribution in [0.3, 0.4) is 0 Å². The molecule has 0 radical (unpaired) electrons. The molecule has 0 spiro atoms. The summed E-state index contributed by atoms with van der Waals surface area (Å²) in [7, 11) is 0. The number of pyridine rings is 2. The highest BCUT2D eigenvalue weighted by Crippen LogP contribution is 2.36. The molecule has 27 heavy (non-hydrogen) atoms. The molecular formula is C19H23N5O2S. The molecule has 0 fully saturated rings. The Hall–Kier alpha value is -2.61. The number of amides is 3. The molecule has 0 bridgehead atoms. The highest BCUT2D eigenvalue weighted by atomic mass is 32.2. The van der Waals surface area contributed by atoms with Crippen molar-refractivity contribution >= 4 is 29.4 Å². The molecule has 1 aliphatic rings. The first-order valence-electron chi connectivity index (χ1n) is 8.86. The Labute approximate surface area is 163 Å². The van der Waals surface area contributed by atoms with Crippen molar-refractivity contribution in [2.45, 2.75) is 31.8 Å². The van der Waals surface area contributed by atoms with E-state index in [0.717, 1.165) is 33.3 Å². The number of carbonyl (C=O) groups excluding carboxylic acids is 2. The van der Waals surface area contributed by atoms with Crippen LogP contribution < -0.4 is 15.5 Å². The van der Waals surface area contributed by atoms with Gasteiger partial charge in [-0.1, -0.05) is 6.07 Å². The lowest BCUT2D eigenvalue weighted by molar-refractivity contribution is -0.121. The van der Waals surface area contributed by atoms with Crippen molar-refractivity contribution in [1.82, 2.24) is 20.6 Å². The summed E-state index contributed by atoms with van der Waals surface area (Å²) in [6.07, 6.45) is 3.63. The van der Waals surface area contributed by atoms with Crippen molar-refractivity contribution in [3.05, 3.63) is 47.4 Å². The molecule has 0 aliphatic carbocycles. The Balaban J connectivity index is 1.50. The Bertz CT molecular complexity index is 828. The van der Waals surface area contributed by atoms with Crippen molar-refractivity contribution in [3.8, 4) is 0 Å². The number of nitrogens with zero attached hydrogens (tertiary/aromatic N) is 3. The van der Waals surface area contributed by atoms with E-state index in [4.69, 9.17) is 0 Å². The summed E-state index contributed by atoms with van der Waals surface area (Å²) in [5.74, 6) is 0.698. The fraction of sp³-hybridized carbons (Fsp3) is 0.368. The first-order chi connectivity index (χ1) is 13.0. The van der Waals surface area contributed by atoms with Crippen LogP contribution in [0.25, 0.3) is 0 Å². The van der Waals surface area contributed by atoms with Gasteiger partial charge in [-0.3, -0.25) is 14.7 Å². The molecule has 3 rings (SSSR count). The van der Waals surface area contributed by atoms with Crippen molar-refractivity contribution < 1.29 is 9.59 Å². The quantitative estimate of drug-likeness (QED) is 0.825. The minimum absolute atomic E-state index is 0.109. The van der Waals surface area contributed by atoms with E-state index in [9.17, 15) is 9.59 Å². The fourth-order valence-electron chi connectivity index (χ4n) is 2.94. The first-order valence-corrected chi connectivity index (χ1v) is 9.85. The topological polar surface area (TPSA) is 87.2 Å². The Morgan fingerprint density at radius 2 is 2.15 bits per heavy atom. The predicted octanol–water partition coefficient (Wildman–Crippen LogP) is 2.42. The molecule has 7 nitrogen and oxygen atoms in total. The Kier molecular flexibility index (Phi) is 6.28. The number of aromatic nitrogens is 2. The molecule has 142 valence electrons. The number of urea groups is 1. The van der Waals surface area contributed by atoms with Gasteiger partial charge in [0, 0.05) is 49.9 Å². The van der Waals surface area contributed by atoms with Crippen LogP contribution in [0.4, 0.5) is 10.5 Å². The van der Waals surface area contributed by atoms with Gasteiger partial charge in [0.25, 0.3) is 0 Å². The summed E-state index contributed by atoms with van der Waals surface area (Å²) in [4.78, 5) is 34.8. The number of anilines is 1. The largest absolute Gasteiger partial charge is 0.352 e. The van der Waals surface area contributed by atoms with E-state index >= 15 is 0 Å². The summed E-state index contributed by atoms with van der Waals surface area (Å²) in [5, 5.41) is 6.56. The molecule has 3 amide bonds. The molecule has 2 aromatic heterocycles. The molecule has 0 unspecified atom stereocenters. The lowest BCUT2D eigenvalue weighted by Gasteiger charge is -2.30. The van der Waals surface area contributed by atoms with Crippen LogP contribution in [-0.2, 0) is 11.3 Å². The highest BCUT2D eigenvalue weighted by molar-refractivity contribution is 7.99. The third kappa shape index (κ3) is 4.97. The SMILES string of the molecule is Cc1cc(C)c2c(n1)SCCN2C(=O)NCCC(=O)NCc1cccnc1. The minimum atomic E-state index is -0.189. The fourth-order valence-corrected chi connectivity index (χ4v) is 4.03. The molecular weight excluding hydrogens is 362 g/mol. The minimum Gasteiger partial charge on any atom is -0.352 e. The maximum atomic E-state index is 12.6. The third-order valence-electron chi connectivity index (χ3n) is 4.19. The van der Waals surface area contributed by atoms with Crippen LogP contribution in [-0.4, -0.2) is 40.7 Å². The standard InChI is InChI=1S/C19H23N5O2S/c1-13-10-14(2)23-18-17(13)24(8-9-27-18)19(26)21-7-5-16(25)22-12-15-4-3-6-20-11-15/h3-4,6,10-11H,5,7-9,12H2,1-2H3,(H,21,26)(H,22,25). The van der Waals surface area contributed by atoms with Gasteiger partial charge in [0.1, 0.15) is 5.03 Å².